The lowest BCUT2D eigenvalue weighted by Crippen LogP contribution is -2.25. The van der Waals surface area contributed by atoms with E-state index in [4.69, 9.17) is 0 Å². The monoisotopic (exact) mass is 283 g/mol. The smallest absolute Gasteiger partial charge is 0.295 e. The predicted octanol–water partition coefficient (Wildman–Crippen LogP) is 2.37. The van der Waals surface area contributed by atoms with Crippen molar-refractivity contribution in [2.45, 2.75) is 26.7 Å². The number of carbonyl (C=O) groups excluding carboxylic acids is 1. The average Bonchev–Trinajstić information content (AvgIpc) is 2.39. The molecule has 1 aromatic carbocycles. The van der Waals surface area contributed by atoms with E-state index >= 15 is 0 Å². The first-order chi connectivity index (χ1) is 9.45. The van der Waals surface area contributed by atoms with E-state index in [0.29, 0.717) is 12.1 Å². The fourth-order valence-electron chi connectivity index (χ4n) is 1.63. The molecule has 1 amide bonds. The van der Waals surface area contributed by atoms with Crippen LogP contribution in [0.1, 0.15) is 25.3 Å². The third-order valence-corrected chi connectivity index (χ3v) is 2.71. The largest absolute Gasteiger partial charge is 0.379 e. The number of nitrogens with zero attached hydrogens (tertiary/aromatic N) is 1. The standard InChI is InChI=1S/C13H18FN3O3/c1-3-5-16-13(18)4-6-15-11-7-9(2)10(14)8-12(11)17(19)20/h7-8,15H,3-6H2,1-2H3,(H,16,18). The maximum Gasteiger partial charge on any atom is 0.295 e. The Kier molecular flexibility index (Phi) is 5.89. The molecule has 0 aliphatic heterocycles. The molecule has 1 aromatic rings. The number of nitrogens with one attached hydrogen (secondary N) is 2. The second kappa shape index (κ2) is 7.42. The number of carbonyl (C=O) groups is 1. The zero-order valence-electron chi connectivity index (χ0n) is 11.5. The minimum Gasteiger partial charge on any atom is -0.379 e. The molecule has 20 heavy (non-hydrogen) atoms. The molecule has 2 N–H and O–H groups in total. The Morgan fingerprint density at radius 3 is 2.70 bits per heavy atom. The number of rotatable bonds is 7. The number of benzene rings is 1. The summed E-state index contributed by atoms with van der Waals surface area (Å²) in [5.74, 6) is -0.747. The first kappa shape index (κ1) is 15.9. The van der Waals surface area contributed by atoms with Gasteiger partial charge in [-0.2, -0.15) is 0 Å². The van der Waals surface area contributed by atoms with Crippen LogP contribution in [0.4, 0.5) is 15.8 Å². The highest BCUT2D eigenvalue weighted by Crippen LogP contribution is 2.27. The average molecular weight is 283 g/mol. The molecular weight excluding hydrogens is 265 g/mol. The van der Waals surface area contributed by atoms with Gasteiger partial charge in [0.15, 0.2) is 0 Å². The first-order valence-corrected chi connectivity index (χ1v) is 6.40. The van der Waals surface area contributed by atoms with E-state index in [0.717, 1.165) is 12.5 Å². The molecule has 1 rings (SSSR count). The molecule has 0 spiro atoms. The topological polar surface area (TPSA) is 84.3 Å². The molecule has 0 saturated carbocycles. The van der Waals surface area contributed by atoms with Crippen LogP contribution in [0.5, 0.6) is 0 Å². The summed E-state index contributed by atoms with van der Waals surface area (Å²) >= 11 is 0. The fraction of sp³-hybridized carbons (Fsp3) is 0.462. The molecule has 0 radical (unpaired) electrons. The number of hydrogen-bond donors (Lipinski definition) is 2. The zero-order chi connectivity index (χ0) is 15.1. The predicted molar refractivity (Wildman–Crippen MR) is 74.2 cm³/mol. The Morgan fingerprint density at radius 1 is 1.40 bits per heavy atom. The third-order valence-electron chi connectivity index (χ3n) is 2.71. The molecule has 0 atom stereocenters. The quantitative estimate of drug-likeness (QED) is 0.594. The van der Waals surface area contributed by atoms with Gasteiger partial charge in [0.25, 0.3) is 5.69 Å². The number of nitro benzene ring substituents is 1. The van der Waals surface area contributed by atoms with Gasteiger partial charge in [-0.25, -0.2) is 4.39 Å². The minimum absolute atomic E-state index is 0.124. The van der Waals surface area contributed by atoms with E-state index < -0.39 is 10.7 Å². The molecule has 0 saturated heterocycles. The van der Waals surface area contributed by atoms with Gasteiger partial charge < -0.3 is 10.6 Å². The van der Waals surface area contributed by atoms with Gasteiger partial charge in [-0.15, -0.1) is 0 Å². The highest BCUT2D eigenvalue weighted by Gasteiger charge is 2.16. The normalized spacial score (nSPS) is 10.2. The summed E-state index contributed by atoms with van der Waals surface area (Å²) in [5, 5.41) is 16.3. The van der Waals surface area contributed by atoms with Gasteiger partial charge in [0.05, 0.1) is 11.0 Å². The van der Waals surface area contributed by atoms with Gasteiger partial charge in [-0.1, -0.05) is 6.92 Å². The van der Waals surface area contributed by atoms with Crippen molar-refractivity contribution in [1.29, 1.82) is 0 Å². The molecule has 0 fully saturated rings. The van der Waals surface area contributed by atoms with Crippen LogP contribution in [0.15, 0.2) is 12.1 Å². The number of amides is 1. The van der Waals surface area contributed by atoms with E-state index in [1.165, 1.54) is 13.0 Å². The second-order valence-corrected chi connectivity index (χ2v) is 4.40. The van der Waals surface area contributed by atoms with Crippen LogP contribution in [-0.2, 0) is 4.79 Å². The summed E-state index contributed by atoms with van der Waals surface area (Å²) in [6, 6.07) is 2.26. The van der Waals surface area contributed by atoms with Gasteiger partial charge in [0.1, 0.15) is 11.5 Å². The molecule has 0 aromatic heterocycles. The SMILES string of the molecule is CCCNC(=O)CCNc1cc(C)c(F)cc1[N+](=O)[O-]. The molecule has 0 bridgehead atoms. The third kappa shape index (κ3) is 4.49. The lowest BCUT2D eigenvalue weighted by atomic mass is 10.1. The van der Waals surface area contributed by atoms with Crippen molar-refractivity contribution in [2.75, 3.05) is 18.4 Å². The van der Waals surface area contributed by atoms with Crippen LogP contribution >= 0.6 is 0 Å². The Balaban J connectivity index is 2.65. The molecular formula is C13H18FN3O3. The number of hydrogen-bond acceptors (Lipinski definition) is 4. The zero-order valence-corrected chi connectivity index (χ0v) is 11.5. The van der Waals surface area contributed by atoms with Crippen LogP contribution < -0.4 is 10.6 Å². The van der Waals surface area contributed by atoms with Gasteiger partial charge in [-0.3, -0.25) is 14.9 Å². The summed E-state index contributed by atoms with van der Waals surface area (Å²) in [4.78, 5) is 21.6. The van der Waals surface area contributed by atoms with Crippen molar-refractivity contribution in [3.63, 3.8) is 0 Å². The Labute approximate surface area is 116 Å². The minimum atomic E-state index is -0.651. The van der Waals surface area contributed by atoms with Crippen LogP contribution in [-0.4, -0.2) is 23.9 Å². The van der Waals surface area contributed by atoms with Crippen LogP contribution in [0.3, 0.4) is 0 Å². The Hall–Kier alpha value is -2.18. The van der Waals surface area contributed by atoms with Gasteiger partial charge in [0.2, 0.25) is 5.91 Å². The second-order valence-electron chi connectivity index (χ2n) is 4.40. The van der Waals surface area contributed by atoms with Crippen molar-refractivity contribution in [3.8, 4) is 0 Å². The lowest BCUT2D eigenvalue weighted by molar-refractivity contribution is -0.384. The van der Waals surface area contributed by atoms with E-state index in [2.05, 4.69) is 10.6 Å². The lowest BCUT2D eigenvalue weighted by Gasteiger charge is -2.09. The highest BCUT2D eigenvalue weighted by atomic mass is 19.1. The Morgan fingerprint density at radius 2 is 2.10 bits per heavy atom. The van der Waals surface area contributed by atoms with Crippen LogP contribution in [0.25, 0.3) is 0 Å². The number of nitro groups is 1. The number of aryl methyl sites for hydroxylation is 1. The van der Waals surface area contributed by atoms with Crippen LogP contribution in [0, 0.1) is 22.9 Å². The van der Waals surface area contributed by atoms with Gasteiger partial charge in [-0.05, 0) is 25.0 Å². The van der Waals surface area contributed by atoms with E-state index in [-0.39, 0.29) is 30.2 Å². The highest BCUT2D eigenvalue weighted by molar-refractivity contribution is 5.76. The van der Waals surface area contributed by atoms with Gasteiger partial charge >= 0.3 is 0 Å². The summed E-state index contributed by atoms with van der Waals surface area (Å²) in [7, 11) is 0. The van der Waals surface area contributed by atoms with Crippen molar-refractivity contribution >= 4 is 17.3 Å². The summed E-state index contributed by atoms with van der Waals surface area (Å²) < 4.78 is 13.3. The molecule has 0 aliphatic carbocycles. The fourth-order valence-corrected chi connectivity index (χ4v) is 1.63. The summed E-state index contributed by atoms with van der Waals surface area (Å²) in [6.07, 6.45) is 1.05. The van der Waals surface area contributed by atoms with E-state index in [1.807, 2.05) is 6.92 Å². The van der Waals surface area contributed by atoms with Crippen molar-refractivity contribution in [3.05, 3.63) is 33.6 Å². The Bertz CT molecular complexity index is 506. The number of anilines is 1. The van der Waals surface area contributed by atoms with Gasteiger partial charge in [0, 0.05) is 19.5 Å². The molecule has 0 unspecified atom stereocenters. The van der Waals surface area contributed by atoms with E-state index in [1.54, 1.807) is 0 Å². The van der Waals surface area contributed by atoms with Crippen molar-refractivity contribution in [1.82, 2.24) is 5.32 Å². The summed E-state index contributed by atoms with van der Waals surface area (Å²) in [5.41, 5.74) is 0.202. The first-order valence-electron chi connectivity index (χ1n) is 6.40. The molecule has 6 nitrogen and oxygen atoms in total. The van der Waals surface area contributed by atoms with Crippen molar-refractivity contribution < 1.29 is 14.1 Å². The maximum atomic E-state index is 13.3. The molecule has 110 valence electrons. The number of halogens is 1. The summed E-state index contributed by atoms with van der Waals surface area (Å²) in [6.45, 7) is 4.33. The molecule has 7 heteroatoms. The molecule has 0 heterocycles. The molecule has 0 aliphatic rings. The maximum absolute atomic E-state index is 13.3. The van der Waals surface area contributed by atoms with Crippen LogP contribution in [0.2, 0.25) is 0 Å². The van der Waals surface area contributed by atoms with Crippen molar-refractivity contribution in [2.24, 2.45) is 0 Å². The van der Waals surface area contributed by atoms with E-state index in [9.17, 15) is 19.3 Å².